The summed E-state index contributed by atoms with van der Waals surface area (Å²) in [5.41, 5.74) is 6.74. The number of aliphatic hydroxyl groups excluding tert-OH is 1. The van der Waals surface area contributed by atoms with Gasteiger partial charge in [0.1, 0.15) is 6.17 Å². The van der Waals surface area contributed by atoms with Gasteiger partial charge in [-0.25, -0.2) is 0 Å². The molecule has 0 aromatic rings. The summed E-state index contributed by atoms with van der Waals surface area (Å²) in [6.45, 7) is 1.81. The lowest BCUT2D eigenvalue weighted by Gasteiger charge is -2.37. The first-order chi connectivity index (χ1) is 6.77. The predicted molar refractivity (Wildman–Crippen MR) is 55.1 cm³/mol. The van der Waals surface area contributed by atoms with Crippen molar-refractivity contribution in [3.63, 3.8) is 0 Å². The first kappa shape index (κ1) is 9.55. The zero-order valence-corrected chi connectivity index (χ0v) is 8.19. The molecule has 0 aliphatic carbocycles. The van der Waals surface area contributed by atoms with Gasteiger partial charge in [0.15, 0.2) is 0 Å². The molecule has 2 aliphatic rings. The van der Waals surface area contributed by atoms with E-state index in [-0.39, 0.29) is 12.3 Å². The fraction of sp³-hybridized carbons (Fsp3) is 0.600. The maximum absolute atomic E-state index is 9.38. The summed E-state index contributed by atoms with van der Waals surface area (Å²) in [7, 11) is 0. The van der Waals surface area contributed by atoms with Crippen molar-refractivity contribution in [1.29, 1.82) is 0 Å². The van der Waals surface area contributed by atoms with E-state index in [9.17, 15) is 5.11 Å². The van der Waals surface area contributed by atoms with Crippen LogP contribution in [0.15, 0.2) is 24.0 Å². The van der Waals surface area contributed by atoms with Crippen molar-refractivity contribution in [2.75, 3.05) is 13.1 Å². The Bertz CT molecular complexity index is 254. The average molecular weight is 195 g/mol. The second-order valence-electron chi connectivity index (χ2n) is 3.86. The third-order valence-electron chi connectivity index (χ3n) is 2.82. The highest BCUT2D eigenvalue weighted by molar-refractivity contribution is 5.19. The first-order valence-electron chi connectivity index (χ1n) is 5.08. The van der Waals surface area contributed by atoms with E-state index in [1.54, 1.807) is 0 Å². The van der Waals surface area contributed by atoms with Gasteiger partial charge in [-0.05, 0) is 31.2 Å². The quantitative estimate of drug-likeness (QED) is 0.539. The minimum absolute atomic E-state index is 0.118. The van der Waals surface area contributed by atoms with Gasteiger partial charge in [-0.3, -0.25) is 4.90 Å². The summed E-state index contributed by atoms with van der Waals surface area (Å²) in [6, 6.07) is 0. The first-order valence-corrected chi connectivity index (χ1v) is 5.08. The molecule has 2 rings (SSSR count). The molecule has 0 aromatic carbocycles. The number of aliphatic hydroxyl groups is 1. The lowest BCUT2D eigenvalue weighted by atomic mass is 10.1. The SMILES string of the molecule is NC1=CC=CNC1N1CCC(O)CC1. The minimum Gasteiger partial charge on any atom is -0.399 e. The lowest BCUT2D eigenvalue weighted by molar-refractivity contribution is 0.0633. The lowest BCUT2D eigenvalue weighted by Crippen LogP contribution is -2.51. The number of nitrogens with one attached hydrogen (secondary N) is 1. The maximum Gasteiger partial charge on any atom is 0.120 e. The van der Waals surface area contributed by atoms with E-state index in [0.717, 1.165) is 31.6 Å². The topological polar surface area (TPSA) is 61.5 Å². The molecule has 4 heteroatoms. The van der Waals surface area contributed by atoms with Crippen LogP contribution in [0, 0.1) is 0 Å². The normalized spacial score (nSPS) is 29.8. The zero-order valence-electron chi connectivity index (χ0n) is 8.19. The Labute approximate surface area is 84.1 Å². The molecule has 14 heavy (non-hydrogen) atoms. The summed E-state index contributed by atoms with van der Waals surface area (Å²) < 4.78 is 0. The highest BCUT2D eigenvalue weighted by atomic mass is 16.3. The highest BCUT2D eigenvalue weighted by Crippen LogP contribution is 2.15. The van der Waals surface area contributed by atoms with Gasteiger partial charge in [-0.1, -0.05) is 0 Å². The van der Waals surface area contributed by atoms with Gasteiger partial charge in [0, 0.05) is 18.8 Å². The summed E-state index contributed by atoms with van der Waals surface area (Å²) >= 11 is 0. The summed E-state index contributed by atoms with van der Waals surface area (Å²) in [5.74, 6) is 0. The highest BCUT2D eigenvalue weighted by Gasteiger charge is 2.25. The molecule has 0 spiro atoms. The molecule has 0 amide bonds. The summed E-state index contributed by atoms with van der Waals surface area (Å²) in [4.78, 5) is 2.27. The number of rotatable bonds is 1. The molecule has 0 radical (unpaired) electrons. The fourth-order valence-electron chi connectivity index (χ4n) is 1.95. The Morgan fingerprint density at radius 2 is 2.14 bits per heavy atom. The Morgan fingerprint density at radius 1 is 1.43 bits per heavy atom. The average Bonchev–Trinajstić information content (AvgIpc) is 2.20. The number of nitrogens with two attached hydrogens (primary N) is 1. The maximum atomic E-state index is 9.38. The monoisotopic (exact) mass is 195 g/mol. The van der Waals surface area contributed by atoms with Gasteiger partial charge in [0.25, 0.3) is 0 Å². The van der Waals surface area contributed by atoms with E-state index in [2.05, 4.69) is 10.2 Å². The standard InChI is InChI=1S/C10H17N3O/c11-9-2-1-5-12-10(9)13-6-3-8(14)4-7-13/h1-2,5,8,10,12,14H,3-4,6-7,11H2. The van der Waals surface area contributed by atoms with Crippen LogP contribution in [0.2, 0.25) is 0 Å². The van der Waals surface area contributed by atoms with E-state index >= 15 is 0 Å². The molecule has 1 atom stereocenters. The number of nitrogens with zero attached hydrogens (tertiary/aromatic N) is 1. The predicted octanol–water partition coefficient (Wildman–Crippen LogP) is -0.271. The Morgan fingerprint density at radius 3 is 2.79 bits per heavy atom. The van der Waals surface area contributed by atoms with E-state index in [0.29, 0.717) is 0 Å². The van der Waals surface area contributed by atoms with Crippen molar-refractivity contribution in [2.45, 2.75) is 25.1 Å². The van der Waals surface area contributed by atoms with Crippen LogP contribution in [-0.4, -0.2) is 35.4 Å². The van der Waals surface area contributed by atoms with Crippen LogP contribution < -0.4 is 11.1 Å². The van der Waals surface area contributed by atoms with E-state index in [4.69, 9.17) is 5.73 Å². The Hall–Kier alpha value is -1.00. The number of likely N-dealkylation sites (tertiary alicyclic amines) is 1. The van der Waals surface area contributed by atoms with Crippen LogP contribution >= 0.6 is 0 Å². The van der Waals surface area contributed by atoms with Crippen molar-refractivity contribution >= 4 is 0 Å². The molecule has 2 aliphatic heterocycles. The van der Waals surface area contributed by atoms with E-state index in [1.165, 1.54) is 0 Å². The van der Waals surface area contributed by atoms with E-state index in [1.807, 2.05) is 18.4 Å². The van der Waals surface area contributed by atoms with Crippen LogP contribution in [-0.2, 0) is 0 Å². The molecule has 0 saturated carbocycles. The van der Waals surface area contributed by atoms with Crippen molar-refractivity contribution in [3.05, 3.63) is 24.0 Å². The van der Waals surface area contributed by atoms with Crippen LogP contribution in [0.25, 0.3) is 0 Å². The largest absolute Gasteiger partial charge is 0.399 e. The zero-order chi connectivity index (χ0) is 9.97. The van der Waals surface area contributed by atoms with Crippen molar-refractivity contribution < 1.29 is 5.11 Å². The Balaban J connectivity index is 1.95. The third kappa shape index (κ3) is 1.91. The summed E-state index contributed by atoms with van der Waals surface area (Å²) in [5, 5.41) is 12.6. The van der Waals surface area contributed by atoms with Crippen LogP contribution in [0.3, 0.4) is 0 Å². The number of hydrogen-bond donors (Lipinski definition) is 3. The molecular weight excluding hydrogens is 178 g/mol. The summed E-state index contributed by atoms with van der Waals surface area (Å²) in [6.07, 6.45) is 7.41. The van der Waals surface area contributed by atoms with Gasteiger partial charge < -0.3 is 16.2 Å². The molecule has 0 bridgehead atoms. The smallest absolute Gasteiger partial charge is 0.120 e. The van der Waals surface area contributed by atoms with Crippen LogP contribution in [0.1, 0.15) is 12.8 Å². The van der Waals surface area contributed by atoms with Crippen molar-refractivity contribution in [3.8, 4) is 0 Å². The van der Waals surface area contributed by atoms with E-state index < -0.39 is 0 Å². The van der Waals surface area contributed by atoms with Gasteiger partial charge in [0.2, 0.25) is 0 Å². The van der Waals surface area contributed by atoms with Crippen molar-refractivity contribution in [2.24, 2.45) is 5.73 Å². The number of piperidine rings is 1. The molecule has 4 N–H and O–H groups in total. The second-order valence-corrected chi connectivity index (χ2v) is 3.86. The molecule has 1 saturated heterocycles. The number of hydrogen-bond acceptors (Lipinski definition) is 4. The minimum atomic E-state index is -0.129. The molecule has 78 valence electrons. The molecule has 1 fully saturated rings. The number of dihydropyridines is 1. The third-order valence-corrected chi connectivity index (χ3v) is 2.82. The van der Waals surface area contributed by atoms with Crippen molar-refractivity contribution in [1.82, 2.24) is 10.2 Å². The van der Waals surface area contributed by atoms with Gasteiger partial charge in [-0.2, -0.15) is 0 Å². The molecule has 2 heterocycles. The van der Waals surface area contributed by atoms with Crippen LogP contribution in [0.4, 0.5) is 0 Å². The van der Waals surface area contributed by atoms with Gasteiger partial charge >= 0.3 is 0 Å². The molecular formula is C10H17N3O. The van der Waals surface area contributed by atoms with Crippen LogP contribution in [0.5, 0.6) is 0 Å². The Kier molecular flexibility index (Phi) is 2.74. The van der Waals surface area contributed by atoms with Gasteiger partial charge in [-0.15, -0.1) is 0 Å². The molecule has 0 aromatic heterocycles. The molecule has 1 unspecified atom stereocenters. The molecule has 4 nitrogen and oxygen atoms in total. The second kappa shape index (κ2) is 4.02. The van der Waals surface area contributed by atoms with Gasteiger partial charge in [0.05, 0.1) is 6.10 Å². The fourth-order valence-corrected chi connectivity index (χ4v) is 1.95. The number of allylic oxidation sites excluding steroid dienone is 2.